The van der Waals surface area contributed by atoms with E-state index in [0.717, 1.165) is 25.7 Å². The lowest BCUT2D eigenvalue weighted by Gasteiger charge is -2.32. The molecule has 96 valence electrons. The molecule has 0 spiro atoms. The summed E-state index contributed by atoms with van der Waals surface area (Å²) in [6, 6.07) is 0. The second kappa shape index (κ2) is 6.55. The van der Waals surface area contributed by atoms with Crippen LogP contribution in [-0.4, -0.2) is 14.5 Å². The molecule has 0 fully saturated rings. The van der Waals surface area contributed by atoms with Crippen molar-refractivity contribution in [1.29, 1.82) is 0 Å². The van der Waals surface area contributed by atoms with Crippen LogP contribution < -0.4 is 4.72 Å². The molecule has 0 heterocycles. The first kappa shape index (κ1) is 15.9. The molecule has 0 aliphatic rings. The van der Waals surface area contributed by atoms with Gasteiger partial charge in [0.2, 0.25) is 0 Å². The van der Waals surface area contributed by atoms with E-state index in [0.29, 0.717) is 0 Å². The zero-order valence-electron chi connectivity index (χ0n) is 11.4. The van der Waals surface area contributed by atoms with Crippen LogP contribution in [0.2, 0.25) is 0 Å². The van der Waals surface area contributed by atoms with Crippen LogP contribution in [0, 0.1) is 0 Å². The van der Waals surface area contributed by atoms with Gasteiger partial charge in [0.15, 0.2) is 0 Å². The summed E-state index contributed by atoms with van der Waals surface area (Å²) < 4.78 is 15.1. The van der Waals surface area contributed by atoms with Crippen LogP contribution in [0.25, 0.3) is 0 Å². The first-order valence-electron chi connectivity index (χ1n) is 6.06. The minimum atomic E-state index is -1.01. The molecule has 16 heavy (non-hydrogen) atoms. The van der Waals surface area contributed by atoms with Crippen molar-refractivity contribution in [3.63, 3.8) is 0 Å². The predicted molar refractivity (Wildman–Crippen MR) is 73.8 cm³/mol. The molecule has 0 bridgehead atoms. The highest BCUT2D eigenvalue weighted by molar-refractivity contribution is 7.84. The van der Waals surface area contributed by atoms with Gasteiger partial charge in [-0.05, 0) is 40.5 Å². The zero-order valence-corrected chi connectivity index (χ0v) is 12.2. The summed E-state index contributed by atoms with van der Waals surface area (Å²) in [5.41, 5.74) is -0.0874. The summed E-state index contributed by atoms with van der Waals surface area (Å²) in [7, 11) is -1.01. The maximum Gasteiger partial charge on any atom is 0.0975 e. The molecule has 1 N–H and O–H groups in total. The largest absolute Gasteiger partial charge is 0.242 e. The van der Waals surface area contributed by atoms with Gasteiger partial charge in [-0.25, -0.2) is 8.93 Å². The van der Waals surface area contributed by atoms with Crippen LogP contribution in [0.15, 0.2) is 12.7 Å². The van der Waals surface area contributed by atoms with Gasteiger partial charge in [-0.2, -0.15) is 0 Å². The number of hydrogen-bond acceptors (Lipinski definition) is 1. The lowest BCUT2D eigenvalue weighted by molar-refractivity contribution is 0.383. The van der Waals surface area contributed by atoms with Crippen LogP contribution >= 0.6 is 0 Å². The molecule has 2 atom stereocenters. The quantitative estimate of drug-likeness (QED) is 0.683. The minimum absolute atomic E-state index is 0.0874. The maximum absolute atomic E-state index is 12.1. The van der Waals surface area contributed by atoms with Gasteiger partial charge in [-0.15, -0.1) is 6.58 Å². The topological polar surface area (TPSA) is 29.1 Å². The molecule has 2 nitrogen and oxygen atoms in total. The van der Waals surface area contributed by atoms with Crippen molar-refractivity contribution in [1.82, 2.24) is 4.72 Å². The van der Waals surface area contributed by atoms with E-state index in [1.54, 1.807) is 0 Å². The van der Waals surface area contributed by atoms with Gasteiger partial charge in [0, 0.05) is 5.54 Å². The van der Waals surface area contributed by atoms with E-state index < -0.39 is 11.0 Å². The van der Waals surface area contributed by atoms with Crippen molar-refractivity contribution in [2.24, 2.45) is 0 Å². The van der Waals surface area contributed by atoms with E-state index >= 15 is 0 Å². The second-order valence-corrected chi connectivity index (χ2v) is 7.61. The van der Waals surface area contributed by atoms with Gasteiger partial charge < -0.3 is 0 Å². The Bertz CT molecular complexity index is 245. The molecule has 3 heteroatoms. The van der Waals surface area contributed by atoms with Gasteiger partial charge in [0.1, 0.15) is 0 Å². The third-order valence-electron chi connectivity index (χ3n) is 2.57. The third-order valence-corrected chi connectivity index (χ3v) is 4.36. The predicted octanol–water partition coefficient (Wildman–Crippen LogP) is 3.56. The first-order valence-corrected chi connectivity index (χ1v) is 7.21. The van der Waals surface area contributed by atoms with Crippen LogP contribution in [-0.2, 0) is 11.0 Å². The third kappa shape index (κ3) is 5.80. The Morgan fingerprint density at radius 1 is 1.31 bits per heavy atom. The van der Waals surface area contributed by atoms with E-state index in [9.17, 15) is 4.21 Å². The smallest absolute Gasteiger partial charge is 0.0975 e. The van der Waals surface area contributed by atoms with Gasteiger partial charge in [-0.1, -0.05) is 25.8 Å². The summed E-state index contributed by atoms with van der Waals surface area (Å²) in [4.78, 5) is 0. The fraction of sp³-hybridized carbons (Fsp3) is 0.846. The molecule has 0 aromatic heterocycles. The number of unbranched alkanes of at least 4 members (excludes halogenated alkanes) is 1. The molecule has 0 saturated carbocycles. The van der Waals surface area contributed by atoms with Crippen molar-refractivity contribution in [3.05, 3.63) is 12.7 Å². The fourth-order valence-electron chi connectivity index (χ4n) is 1.46. The van der Waals surface area contributed by atoms with Crippen LogP contribution in [0.3, 0.4) is 0 Å². The fourth-order valence-corrected chi connectivity index (χ4v) is 2.40. The molecule has 0 radical (unpaired) electrons. The summed E-state index contributed by atoms with van der Waals surface area (Å²) in [5.74, 6) is 0. The summed E-state index contributed by atoms with van der Waals surface area (Å²) in [6.07, 6.45) is 6.12. The van der Waals surface area contributed by atoms with Crippen molar-refractivity contribution >= 4 is 11.0 Å². The molecule has 0 unspecified atom stereocenters. The van der Waals surface area contributed by atoms with Crippen molar-refractivity contribution in [2.45, 2.75) is 70.6 Å². The normalized spacial score (nSPS) is 17.8. The average molecular weight is 245 g/mol. The van der Waals surface area contributed by atoms with Crippen LogP contribution in [0.5, 0.6) is 0 Å². The summed E-state index contributed by atoms with van der Waals surface area (Å²) >= 11 is 0. The molecule has 0 saturated heterocycles. The van der Waals surface area contributed by atoms with E-state index in [-0.39, 0.29) is 10.3 Å². The molecule has 0 aliphatic carbocycles. The standard InChI is InChI=1S/C13H27NOS/c1-7-9-11-13(6,10-8-2)14-16(15)12(3,4)5/h8,14H,2,7,9-11H2,1,3-6H3/t13-,16+/m0/s1. The Morgan fingerprint density at radius 3 is 2.25 bits per heavy atom. The Hall–Kier alpha value is -0.150. The zero-order chi connectivity index (χ0) is 12.8. The lowest BCUT2D eigenvalue weighted by Crippen LogP contribution is -2.47. The van der Waals surface area contributed by atoms with Crippen molar-refractivity contribution in [2.75, 3.05) is 0 Å². The van der Waals surface area contributed by atoms with Gasteiger partial charge >= 0.3 is 0 Å². The van der Waals surface area contributed by atoms with Gasteiger partial charge in [-0.3, -0.25) is 0 Å². The van der Waals surface area contributed by atoms with E-state index in [2.05, 4.69) is 25.1 Å². The van der Waals surface area contributed by atoms with Gasteiger partial charge in [0.05, 0.1) is 15.7 Å². The Kier molecular flexibility index (Phi) is 6.49. The van der Waals surface area contributed by atoms with Crippen molar-refractivity contribution < 1.29 is 4.21 Å². The van der Waals surface area contributed by atoms with E-state index in [4.69, 9.17) is 0 Å². The Balaban J connectivity index is 4.54. The number of rotatable bonds is 7. The minimum Gasteiger partial charge on any atom is -0.242 e. The van der Waals surface area contributed by atoms with E-state index in [1.807, 2.05) is 26.8 Å². The van der Waals surface area contributed by atoms with Crippen molar-refractivity contribution in [3.8, 4) is 0 Å². The number of hydrogen-bond donors (Lipinski definition) is 1. The molecule has 0 aromatic carbocycles. The average Bonchev–Trinajstić information content (AvgIpc) is 2.13. The highest BCUT2D eigenvalue weighted by atomic mass is 32.2. The monoisotopic (exact) mass is 245 g/mol. The highest BCUT2D eigenvalue weighted by Crippen LogP contribution is 2.22. The van der Waals surface area contributed by atoms with Crippen LogP contribution in [0.1, 0.15) is 60.3 Å². The molecule has 0 amide bonds. The summed E-state index contributed by atoms with van der Waals surface area (Å²) in [6.45, 7) is 14.1. The lowest BCUT2D eigenvalue weighted by atomic mass is 9.93. The highest BCUT2D eigenvalue weighted by Gasteiger charge is 2.29. The molecule has 0 rings (SSSR count). The SMILES string of the molecule is C=CC[C@@](C)(CCCC)N[S@](=O)C(C)(C)C. The molecular formula is C13H27NOS. The van der Waals surface area contributed by atoms with Gasteiger partial charge in [0.25, 0.3) is 0 Å². The van der Waals surface area contributed by atoms with Crippen LogP contribution in [0.4, 0.5) is 0 Å². The first-order chi connectivity index (χ1) is 7.25. The summed E-state index contributed by atoms with van der Waals surface area (Å²) in [5, 5.41) is 0. The van der Waals surface area contributed by atoms with E-state index in [1.165, 1.54) is 0 Å². The molecule has 0 aromatic rings. The molecule has 0 aliphatic heterocycles. The Morgan fingerprint density at radius 2 is 1.88 bits per heavy atom. The maximum atomic E-state index is 12.1. The number of nitrogens with one attached hydrogen (secondary N) is 1. The molecular weight excluding hydrogens is 218 g/mol. The second-order valence-electron chi connectivity index (χ2n) is 5.64. The Labute approximate surface area is 103 Å².